The van der Waals surface area contributed by atoms with Crippen molar-refractivity contribution in [3.8, 4) is 0 Å². The van der Waals surface area contributed by atoms with E-state index in [1.165, 1.54) is 0 Å². The van der Waals surface area contributed by atoms with Gasteiger partial charge in [-0.25, -0.2) is 0 Å². The van der Waals surface area contributed by atoms with Gasteiger partial charge >= 0.3 is 0 Å². The van der Waals surface area contributed by atoms with Crippen LogP contribution in [0.25, 0.3) is 0 Å². The van der Waals surface area contributed by atoms with Crippen LogP contribution in [0, 0.1) is 6.92 Å². The number of hydrogen-bond donors (Lipinski definition) is 1. The Morgan fingerprint density at radius 1 is 1.06 bits per heavy atom. The van der Waals surface area contributed by atoms with E-state index in [9.17, 15) is 0 Å². The van der Waals surface area contributed by atoms with Crippen LogP contribution in [0.3, 0.4) is 0 Å². The molecule has 0 aliphatic heterocycles. The highest BCUT2D eigenvalue weighted by atomic mass is 15.1. The third-order valence-electron chi connectivity index (χ3n) is 2.90. The largest absolute Gasteiger partial charge is 0.399 e. The zero-order valence-corrected chi connectivity index (χ0v) is 10.7. The summed E-state index contributed by atoms with van der Waals surface area (Å²) >= 11 is 0. The number of aryl methyl sites for hydroxylation is 2. The topological polar surface area (TPSA) is 50.7 Å². The van der Waals surface area contributed by atoms with Crippen LogP contribution in [0.1, 0.15) is 18.1 Å². The molecule has 0 radical (unpaired) electrons. The van der Waals surface area contributed by atoms with Crippen molar-refractivity contribution in [3.63, 3.8) is 0 Å². The molecule has 0 unspecified atom stereocenters. The predicted octanol–water partition coefficient (Wildman–Crippen LogP) is 4.56. The Bertz CT molecular complexity index is 574. The van der Waals surface area contributed by atoms with Crippen LogP contribution in [-0.2, 0) is 6.42 Å². The Labute approximate surface area is 107 Å². The van der Waals surface area contributed by atoms with Crippen LogP contribution < -0.4 is 5.73 Å². The number of benzene rings is 2. The van der Waals surface area contributed by atoms with Crippen molar-refractivity contribution in [2.45, 2.75) is 20.3 Å². The van der Waals surface area contributed by atoms with Gasteiger partial charge in [-0.2, -0.15) is 10.2 Å². The van der Waals surface area contributed by atoms with Gasteiger partial charge in [0.15, 0.2) is 0 Å². The number of nitrogens with two attached hydrogens (primary N) is 1. The molecule has 0 saturated heterocycles. The van der Waals surface area contributed by atoms with Gasteiger partial charge < -0.3 is 5.73 Å². The number of nitrogen functional groups attached to an aromatic ring is 1. The summed E-state index contributed by atoms with van der Waals surface area (Å²) in [5, 5.41) is 8.52. The lowest BCUT2D eigenvalue weighted by Crippen LogP contribution is -1.91. The van der Waals surface area contributed by atoms with Gasteiger partial charge in [0.25, 0.3) is 0 Å². The van der Waals surface area contributed by atoms with Crippen molar-refractivity contribution < 1.29 is 0 Å². The average molecular weight is 239 g/mol. The molecule has 0 amide bonds. The van der Waals surface area contributed by atoms with Crippen molar-refractivity contribution in [2.75, 3.05) is 5.73 Å². The van der Waals surface area contributed by atoms with Crippen molar-refractivity contribution in [1.82, 2.24) is 0 Å². The summed E-state index contributed by atoms with van der Waals surface area (Å²) in [6.07, 6.45) is 0.902. The highest BCUT2D eigenvalue weighted by molar-refractivity contribution is 5.55. The van der Waals surface area contributed by atoms with Crippen LogP contribution in [0.4, 0.5) is 17.1 Å². The minimum Gasteiger partial charge on any atom is -0.399 e. The molecule has 0 spiro atoms. The number of nitrogens with zero attached hydrogens (tertiary/aromatic N) is 2. The molecule has 3 heteroatoms. The number of rotatable bonds is 3. The number of azo groups is 1. The maximum Gasteiger partial charge on any atom is 0.0886 e. The van der Waals surface area contributed by atoms with Crippen LogP contribution in [0.2, 0.25) is 0 Å². The molecule has 0 saturated carbocycles. The Hall–Kier alpha value is -2.16. The summed E-state index contributed by atoms with van der Waals surface area (Å²) in [5.41, 5.74) is 10.6. The fraction of sp³-hybridized carbons (Fsp3) is 0.200. The zero-order valence-electron chi connectivity index (χ0n) is 10.7. The molecule has 3 nitrogen and oxygen atoms in total. The molecule has 2 N–H and O–H groups in total. The molecule has 0 aromatic heterocycles. The molecule has 18 heavy (non-hydrogen) atoms. The Kier molecular flexibility index (Phi) is 3.72. The summed E-state index contributed by atoms with van der Waals surface area (Å²) in [7, 11) is 0. The Morgan fingerprint density at radius 2 is 1.83 bits per heavy atom. The lowest BCUT2D eigenvalue weighted by Gasteiger charge is -2.03. The summed E-state index contributed by atoms with van der Waals surface area (Å²) in [6.45, 7) is 4.10. The van der Waals surface area contributed by atoms with Crippen LogP contribution in [0.15, 0.2) is 52.7 Å². The predicted molar refractivity (Wildman–Crippen MR) is 75.6 cm³/mol. The monoisotopic (exact) mass is 239 g/mol. The van der Waals surface area contributed by atoms with E-state index >= 15 is 0 Å². The van der Waals surface area contributed by atoms with E-state index in [1.807, 2.05) is 49.4 Å². The highest BCUT2D eigenvalue weighted by Crippen LogP contribution is 2.24. The summed E-state index contributed by atoms with van der Waals surface area (Å²) in [4.78, 5) is 0. The lowest BCUT2D eigenvalue weighted by molar-refractivity contribution is 1.13. The van der Waals surface area contributed by atoms with Gasteiger partial charge in [-0.1, -0.05) is 25.1 Å². The molecular weight excluding hydrogens is 222 g/mol. The van der Waals surface area contributed by atoms with E-state index in [2.05, 4.69) is 17.2 Å². The van der Waals surface area contributed by atoms with Gasteiger partial charge in [0.05, 0.1) is 11.4 Å². The second-order valence-electron chi connectivity index (χ2n) is 4.22. The fourth-order valence-electron chi connectivity index (χ4n) is 1.75. The Balaban J connectivity index is 2.27. The summed E-state index contributed by atoms with van der Waals surface area (Å²) in [5.74, 6) is 0. The third kappa shape index (κ3) is 2.74. The average Bonchev–Trinajstić information content (AvgIpc) is 2.39. The fourth-order valence-corrected chi connectivity index (χ4v) is 1.75. The first kappa shape index (κ1) is 12.3. The van der Waals surface area contributed by atoms with Gasteiger partial charge in [0.1, 0.15) is 0 Å². The standard InChI is InChI=1S/C15H17N3/c1-3-12-10-13(8-9-14(12)16)17-18-15-7-5-4-6-11(15)2/h4-10H,3,16H2,1-2H3. The summed E-state index contributed by atoms with van der Waals surface area (Å²) in [6, 6.07) is 13.7. The first-order chi connectivity index (χ1) is 8.70. The quantitative estimate of drug-likeness (QED) is 0.619. The summed E-state index contributed by atoms with van der Waals surface area (Å²) < 4.78 is 0. The molecule has 0 atom stereocenters. The number of hydrogen-bond acceptors (Lipinski definition) is 3. The maximum atomic E-state index is 5.86. The zero-order chi connectivity index (χ0) is 13.0. The molecule has 2 aromatic rings. The highest BCUT2D eigenvalue weighted by Gasteiger charge is 1.99. The smallest absolute Gasteiger partial charge is 0.0886 e. The van der Waals surface area contributed by atoms with E-state index in [0.29, 0.717) is 0 Å². The van der Waals surface area contributed by atoms with Crippen molar-refractivity contribution in [3.05, 3.63) is 53.6 Å². The van der Waals surface area contributed by atoms with E-state index in [-0.39, 0.29) is 0 Å². The van der Waals surface area contributed by atoms with Crippen molar-refractivity contribution in [2.24, 2.45) is 10.2 Å². The van der Waals surface area contributed by atoms with Crippen molar-refractivity contribution >= 4 is 17.1 Å². The van der Waals surface area contributed by atoms with E-state index in [1.54, 1.807) is 0 Å². The molecule has 2 rings (SSSR count). The molecule has 0 aliphatic carbocycles. The maximum absolute atomic E-state index is 5.86. The van der Waals surface area contributed by atoms with Gasteiger partial charge in [-0.3, -0.25) is 0 Å². The number of anilines is 1. The van der Waals surface area contributed by atoms with Crippen LogP contribution >= 0.6 is 0 Å². The van der Waals surface area contributed by atoms with Crippen LogP contribution in [0.5, 0.6) is 0 Å². The minimum atomic E-state index is 0.812. The third-order valence-corrected chi connectivity index (χ3v) is 2.90. The molecular formula is C15H17N3. The molecule has 2 aromatic carbocycles. The van der Waals surface area contributed by atoms with Crippen molar-refractivity contribution in [1.29, 1.82) is 0 Å². The van der Waals surface area contributed by atoms with Gasteiger partial charge in [-0.15, -0.1) is 0 Å². The molecule has 0 heterocycles. The normalized spacial score (nSPS) is 11.0. The SMILES string of the molecule is CCc1cc(N=Nc2ccccc2C)ccc1N. The second kappa shape index (κ2) is 5.45. The van der Waals surface area contributed by atoms with Gasteiger partial charge in [0, 0.05) is 5.69 Å². The van der Waals surface area contributed by atoms with E-state index in [0.717, 1.165) is 34.6 Å². The van der Waals surface area contributed by atoms with Gasteiger partial charge in [0.2, 0.25) is 0 Å². The molecule has 92 valence electrons. The Morgan fingerprint density at radius 3 is 2.56 bits per heavy atom. The second-order valence-corrected chi connectivity index (χ2v) is 4.22. The lowest BCUT2D eigenvalue weighted by atomic mass is 10.1. The molecule has 0 aliphatic rings. The molecule has 0 fully saturated rings. The minimum absolute atomic E-state index is 0.812. The molecule has 0 bridgehead atoms. The van der Waals surface area contributed by atoms with E-state index in [4.69, 9.17) is 5.73 Å². The van der Waals surface area contributed by atoms with E-state index < -0.39 is 0 Å². The first-order valence-corrected chi connectivity index (χ1v) is 6.06. The van der Waals surface area contributed by atoms with Crippen LogP contribution in [-0.4, -0.2) is 0 Å². The first-order valence-electron chi connectivity index (χ1n) is 6.06. The van der Waals surface area contributed by atoms with Gasteiger partial charge in [-0.05, 0) is 48.7 Å².